The Labute approximate surface area is 117 Å². The predicted molar refractivity (Wildman–Crippen MR) is 77.9 cm³/mol. The van der Waals surface area contributed by atoms with Crippen LogP contribution in [0.4, 0.5) is 0 Å². The first kappa shape index (κ1) is 16.4. The van der Waals surface area contributed by atoms with Crippen LogP contribution in [0.3, 0.4) is 0 Å². The maximum atomic E-state index is 11.9. The number of nitrogens with one attached hydrogen (secondary N) is 1. The van der Waals surface area contributed by atoms with Crippen molar-refractivity contribution in [2.45, 2.75) is 64.9 Å². The van der Waals surface area contributed by atoms with Gasteiger partial charge in [0.2, 0.25) is 5.91 Å². The summed E-state index contributed by atoms with van der Waals surface area (Å²) in [6.07, 6.45) is 7.21. The highest BCUT2D eigenvalue weighted by atomic mass is 16.5. The van der Waals surface area contributed by atoms with E-state index < -0.39 is 0 Å². The molecule has 0 radical (unpaired) electrons. The lowest BCUT2D eigenvalue weighted by atomic mass is 9.82. The van der Waals surface area contributed by atoms with Crippen molar-refractivity contribution in [3.8, 4) is 0 Å². The first-order valence-corrected chi connectivity index (χ1v) is 7.74. The summed E-state index contributed by atoms with van der Waals surface area (Å²) < 4.78 is 5.64. The number of ether oxygens (including phenoxy) is 1. The number of rotatable bonds is 8. The summed E-state index contributed by atoms with van der Waals surface area (Å²) in [7, 11) is 0. The average molecular weight is 270 g/mol. The zero-order valence-corrected chi connectivity index (χ0v) is 12.5. The van der Waals surface area contributed by atoms with Crippen molar-refractivity contribution in [1.29, 1.82) is 0 Å². The molecule has 1 heterocycles. The predicted octanol–water partition coefficient (Wildman–Crippen LogP) is 2.22. The monoisotopic (exact) mass is 270 g/mol. The van der Waals surface area contributed by atoms with E-state index in [1.54, 1.807) is 0 Å². The number of carbonyl (C=O) groups excluding carboxylic acids is 1. The van der Waals surface area contributed by atoms with Gasteiger partial charge in [-0.3, -0.25) is 4.79 Å². The molecule has 0 aromatic carbocycles. The van der Waals surface area contributed by atoms with Crippen LogP contribution in [-0.4, -0.2) is 31.7 Å². The summed E-state index contributed by atoms with van der Waals surface area (Å²) in [6, 6.07) is 0. The average Bonchev–Trinajstić information content (AvgIpc) is 2.48. The maximum Gasteiger partial charge on any atom is 0.220 e. The van der Waals surface area contributed by atoms with E-state index in [0.717, 1.165) is 38.7 Å². The van der Waals surface area contributed by atoms with E-state index in [1.165, 1.54) is 6.42 Å². The minimum Gasteiger partial charge on any atom is -0.378 e. The van der Waals surface area contributed by atoms with Gasteiger partial charge in [-0.25, -0.2) is 0 Å². The van der Waals surface area contributed by atoms with E-state index in [9.17, 15) is 4.79 Å². The van der Waals surface area contributed by atoms with Crippen LogP contribution in [0.5, 0.6) is 0 Å². The van der Waals surface area contributed by atoms with Crippen LogP contribution in [0.25, 0.3) is 0 Å². The fourth-order valence-corrected chi connectivity index (χ4v) is 2.56. The molecule has 3 N–H and O–H groups in total. The molecule has 1 aliphatic rings. The van der Waals surface area contributed by atoms with Crippen LogP contribution in [-0.2, 0) is 9.53 Å². The van der Waals surface area contributed by atoms with Gasteiger partial charge in [-0.05, 0) is 50.5 Å². The van der Waals surface area contributed by atoms with Crippen molar-refractivity contribution in [2.24, 2.45) is 11.1 Å². The Hall–Kier alpha value is -0.610. The molecule has 19 heavy (non-hydrogen) atoms. The van der Waals surface area contributed by atoms with Crippen LogP contribution in [0.2, 0.25) is 0 Å². The minimum absolute atomic E-state index is 0.0665. The standard InChI is InChI=1S/C15H30N2O2/c1-3-15(4-2,11-16)12-17-14(18)9-8-13-7-5-6-10-19-13/h13H,3-12,16H2,1-2H3,(H,17,18). The lowest BCUT2D eigenvalue weighted by Crippen LogP contribution is -2.42. The Balaban J connectivity index is 2.23. The number of amides is 1. The molecule has 0 spiro atoms. The number of carbonyl (C=O) groups is 1. The van der Waals surface area contributed by atoms with Gasteiger partial charge in [0.05, 0.1) is 6.10 Å². The lowest BCUT2D eigenvalue weighted by molar-refractivity contribution is -0.122. The molecule has 0 bridgehead atoms. The van der Waals surface area contributed by atoms with Crippen molar-refractivity contribution in [2.75, 3.05) is 19.7 Å². The second-order valence-corrected chi connectivity index (χ2v) is 5.72. The molecule has 1 amide bonds. The zero-order valence-electron chi connectivity index (χ0n) is 12.5. The van der Waals surface area contributed by atoms with Crippen LogP contribution in [0.1, 0.15) is 58.8 Å². The Bertz CT molecular complexity index is 251. The van der Waals surface area contributed by atoms with Crippen molar-refractivity contribution >= 4 is 5.91 Å². The fraction of sp³-hybridized carbons (Fsp3) is 0.933. The molecule has 1 rings (SSSR count). The van der Waals surface area contributed by atoms with E-state index in [-0.39, 0.29) is 17.4 Å². The minimum atomic E-state index is 0.0665. The summed E-state index contributed by atoms with van der Waals surface area (Å²) in [6.45, 7) is 6.46. The van der Waals surface area contributed by atoms with E-state index in [0.29, 0.717) is 19.5 Å². The van der Waals surface area contributed by atoms with Gasteiger partial charge in [-0.2, -0.15) is 0 Å². The second kappa shape index (κ2) is 8.54. The molecule has 1 fully saturated rings. The van der Waals surface area contributed by atoms with Gasteiger partial charge in [-0.1, -0.05) is 13.8 Å². The summed E-state index contributed by atoms with van der Waals surface area (Å²) in [5, 5.41) is 3.04. The molecule has 0 aliphatic carbocycles. The highest BCUT2D eigenvalue weighted by Crippen LogP contribution is 2.23. The molecule has 1 atom stereocenters. The Morgan fingerprint density at radius 3 is 2.63 bits per heavy atom. The fourth-order valence-electron chi connectivity index (χ4n) is 2.56. The van der Waals surface area contributed by atoms with Crippen molar-refractivity contribution in [3.63, 3.8) is 0 Å². The molecule has 0 aromatic rings. The van der Waals surface area contributed by atoms with Gasteiger partial charge in [-0.15, -0.1) is 0 Å². The third-order valence-corrected chi connectivity index (χ3v) is 4.56. The maximum absolute atomic E-state index is 11.9. The summed E-state index contributed by atoms with van der Waals surface area (Å²) in [5.41, 5.74) is 5.90. The van der Waals surface area contributed by atoms with Gasteiger partial charge in [0.15, 0.2) is 0 Å². The molecule has 4 nitrogen and oxygen atoms in total. The Morgan fingerprint density at radius 2 is 2.11 bits per heavy atom. The molecular formula is C15H30N2O2. The third-order valence-electron chi connectivity index (χ3n) is 4.56. The summed E-state index contributed by atoms with van der Waals surface area (Å²) in [4.78, 5) is 11.9. The molecular weight excluding hydrogens is 240 g/mol. The van der Waals surface area contributed by atoms with Crippen LogP contribution in [0, 0.1) is 5.41 Å². The molecule has 4 heteroatoms. The lowest BCUT2D eigenvalue weighted by Gasteiger charge is -2.30. The molecule has 112 valence electrons. The van der Waals surface area contributed by atoms with Crippen LogP contribution in [0.15, 0.2) is 0 Å². The van der Waals surface area contributed by atoms with Gasteiger partial charge in [0.1, 0.15) is 0 Å². The topological polar surface area (TPSA) is 64.3 Å². The highest BCUT2D eigenvalue weighted by molar-refractivity contribution is 5.75. The SMILES string of the molecule is CCC(CC)(CN)CNC(=O)CCC1CCCCO1. The molecule has 0 saturated carbocycles. The van der Waals surface area contributed by atoms with Crippen LogP contribution >= 0.6 is 0 Å². The first-order chi connectivity index (χ1) is 9.15. The van der Waals surface area contributed by atoms with Gasteiger partial charge < -0.3 is 15.8 Å². The molecule has 1 unspecified atom stereocenters. The van der Waals surface area contributed by atoms with Gasteiger partial charge in [0, 0.05) is 19.6 Å². The summed E-state index contributed by atoms with van der Waals surface area (Å²) >= 11 is 0. The van der Waals surface area contributed by atoms with E-state index in [4.69, 9.17) is 10.5 Å². The van der Waals surface area contributed by atoms with Crippen molar-refractivity contribution in [1.82, 2.24) is 5.32 Å². The molecule has 1 aliphatic heterocycles. The quantitative estimate of drug-likeness (QED) is 0.711. The van der Waals surface area contributed by atoms with E-state index in [2.05, 4.69) is 19.2 Å². The number of hydrogen-bond donors (Lipinski definition) is 2. The molecule has 0 aromatic heterocycles. The highest BCUT2D eigenvalue weighted by Gasteiger charge is 2.25. The van der Waals surface area contributed by atoms with Crippen molar-refractivity contribution in [3.05, 3.63) is 0 Å². The largest absolute Gasteiger partial charge is 0.378 e. The number of hydrogen-bond acceptors (Lipinski definition) is 3. The van der Waals surface area contributed by atoms with Crippen molar-refractivity contribution < 1.29 is 9.53 Å². The smallest absolute Gasteiger partial charge is 0.220 e. The third kappa shape index (κ3) is 5.49. The number of nitrogens with two attached hydrogens (primary N) is 1. The summed E-state index contributed by atoms with van der Waals surface area (Å²) in [5.74, 6) is 0.133. The first-order valence-electron chi connectivity index (χ1n) is 7.74. The Kier molecular flexibility index (Phi) is 7.39. The van der Waals surface area contributed by atoms with E-state index in [1.807, 2.05) is 0 Å². The van der Waals surface area contributed by atoms with Gasteiger partial charge >= 0.3 is 0 Å². The second-order valence-electron chi connectivity index (χ2n) is 5.72. The van der Waals surface area contributed by atoms with Crippen LogP contribution < -0.4 is 11.1 Å². The Morgan fingerprint density at radius 1 is 1.37 bits per heavy atom. The normalized spacial score (nSPS) is 20.3. The van der Waals surface area contributed by atoms with Gasteiger partial charge in [0.25, 0.3) is 0 Å². The zero-order chi connectivity index (χ0) is 14.1. The molecule has 1 saturated heterocycles. The van der Waals surface area contributed by atoms with E-state index >= 15 is 0 Å².